The Morgan fingerprint density at radius 3 is 2.52 bits per heavy atom. The van der Waals surface area contributed by atoms with Crippen LogP contribution in [0.5, 0.6) is 5.75 Å². The summed E-state index contributed by atoms with van der Waals surface area (Å²) in [7, 11) is 0. The summed E-state index contributed by atoms with van der Waals surface area (Å²) in [5, 5.41) is 11.6. The lowest BCUT2D eigenvalue weighted by atomic mass is 10.2. The molecular weight excluding hydrogens is 372 g/mol. The molecular formula is C19H15ClN2O5. The number of rotatable bonds is 7. The van der Waals surface area contributed by atoms with E-state index in [0.29, 0.717) is 16.5 Å². The Bertz CT molecular complexity index is 926. The van der Waals surface area contributed by atoms with Gasteiger partial charge in [-0.3, -0.25) is 14.9 Å². The normalized spacial score (nSPS) is 10.4. The van der Waals surface area contributed by atoms with Crippen LogP contribution in [0.1, 0.15) is 5.76 Å². The summed E-state index contributed by atoms with van der Waals surface area (Å²) in [6.45, 7) is -0.179. The minimum Gasteiger partial charge on any atom is -0.477 e. The molecule has 0 unspecified atom stereocenters. The van der Waals surface area contributed by atoms with Gasteiger partial charge in [0.15, 0.2) is 12.4 Å². The summed E-state index contributed by atoms with van der Waals surface area (Å²) in [5.41, 5.74) is 0.404. The van der Waals surface area contributed by atoms with Crippen LogP contribution in [-0.4, -0.2) is 17.4 Å². The van der Waals surface area contributed by atoms with Crippen molar-refractivity contribution in [3.63, 3.8) is 0 Å². The quantitative estimate of drug-likeness (QED) is 0.442. The maximum Gasteiger partial charge on any atom is 0.310 e. The van der Waals surface area contributed by atoms with Crippen molar-refractivity contribution in [2.75, 3.05) is 11.5 Å². The van der Waals surface area contributed by atoms with E-state index >= 15 is 0 Å². The number of benzene rings is 2. The van der Waals surface area contributed by atoms with E-state index in [1.54, 1.807) is 42.5 Å². The average Bonchev–Trinajstić information content (AvgIpc) is 3.18. The second kappa shape index (κ2) is 8.37. The maximum atomic E-state index is 12.8. The van der Waals surface area contributed by atoms with Crippen LogP contribution in [0.3, 0.4) is 0 Å². The lowest BCUT2D eigenvalue weighted by Crippen LogP contribution is -2.34. The number of nitrogens with zero attached hydrogens (tertiary/aromatic N) is 2. The van der Waals surface area contributed by atoms with Crippen molar-refractivity contribution in [3.8, 4) is 5.75 Å². The zero-order chi connectivity index (χ0) is 19.2. The molecule has 0 bridgehead atoms. The van der Waals surface area contributed by atoms with Crippen molar-refractivity contribution in [2.45, 2.75) is 6.54 Å². The van der Waals surface area contributed by atoms with Gasteiger partial charge in [0, 0.05) is 16.8 Å². The number of para-hydroxylation sites is 2. The van der Waals surface area contributed by atoms with E-state index in [9.17, 15) is 14.9 Å². The fourth-order valence-corrected chi connectivity index (χ4v) is 2.58. The van der Waals surface area contributed by atoms with Gasteiger partial charge in [-0.1, -0.05) is 23.7 Å². The summed E-state index contributed by atoms with van der Waals surface area (Å²) in [6.07, 6.45) is 1.52. The van der Waals surface area contributed by atoms with E-state index in [0.717, 1.165) is 0 Å². The molecule has 8 heteroatoms. The topological polar surface area (TPSA) is 85.8 Å². The Kier molecular flexibility index (Phi) is 5.73. The second-order valence-electron chi connectivity index (χ2n) is 5.55. The van der Waals surface area contributed by atoms with Crippen LogP contribution in [-0.2, 0) is 11.3 Å². The van der Waals surface area contributed by atoms with Gasteiger partial charge >= 0.3 is 5.69 Å². The molecule has 7 nitrogen and oxygen atoms in total. The number of nitro groups is 1. The van der Waals surface area contributed by atoms with E-state index in [2.05, 4.69) is 0 Å². The van der Waals surface area contributed by atoms with Gasteiger partial charge in [-0.25, -0.2) is 0 Å². The second-order valence-corrected chi connectivity index (χ2v) is 5.99. The number of halogens is 1. The molecule has 1 heterocycles. The first-order valence-electron chi connectivity index (χ1n) is 7.99. The number of hydrogen-bond acceptors (Lipinski definition) is 5. The average molecular weight is 387 g/mol. The molecule has 3 rings (SSSR count). The van der Waals surface area contributed by atoms with Crippen molar-refractivity contribution in [2.24, 2.45) is 0 Å². The predicted molar refractivity (Wildman–Crippen MR) is 99.9 cm³/mol. The van der Waals surface area contributed by atoms with E-state index < -0.39 is 4.92 Å². The van der Waals surface area contributed by atoms with Crippen LogP contribution in [0.2, 0.25) is 5.02 Å². The highest BCUT2D eigenvalue weighted by Crippen LogP contribution is 2.26. The Hall–Kier alpha value is -3.32. The van der Waals surface area contributed by atoms with Crippen molar-refractivity contribution < 1.29 is 18.9 Å². The summed E-state index contributed by atoms with van der Waals surface area (Å²) >= 11 is 5.92. The van der Waals surface area contributed by atoms with Gasteiger partial charge in [0.25, 0.3) is 5.91 Å². The highest BCUT2D eigenvalue weighted by molar-refractivity contribution is 6.30. The van der Waals surface area contributed by atoms with Gasteiger partial charge in [-0.2, -0.15) is 0 Å². The molecule has 2 aromatic carbocycles. The Morgan fingerprint density at radius 2 is 1.85 bits per heavy atom. The lowest BCUT2D eigenvalue weighted by molar-refractivity contribution is -0.385. The van der Waals surface area contributed by atoms with Gasteiger partial charge in [-0.15, -0.1) is 0 Å². The fraction of sp³-hybridized carbons (Fsp3) is 0.105. The molecule has 0 aliphatic carbocycles. The SMILES string of the molecule is O=C(COc1ccccc1[N+](=O)[O-])N(Cc1ccco1)c1ccc(Cl)cc1. The van der Waals surface area contributed by atoms with Crippen molar-refractivity contribution >= 4 is 28.9 Å². The Morgan fingerprint density at radius 1 is 1.11 bits per heavy atom. The summed E-state index contributed by atoms with van der Waals surface area (Å²) in [5.74, 6) is 0.237. The monoisotopic (exact) mass is 386 g/mol. The highest BCUT2D eigenvalue weighted by atomic mass is 35.5. The first kappa shape index (κ1) is 18.5. The fourth-order valence-electron chi connectivity index (χ4n) is 2.45. The Labute approximate surface area is 159 Å². The first-order chi connectivity index (χ1) is 13.0. The molecule has 1 amide bonds. The molecule has 0 aliphatic heterocycles. The number of furan rings is 1. The Balaban J connectivity index is 1.79. The molecule has 0 radical (unpaired) electrons. The number of anilines is 1. The molecule has 3 aromatic rings. The third kappa shape index (κ3) is 4.65. The van der Waals surface area contributed by atoms with Crippen LogP contribution in [0.15, 0.2) is 71.3 Å². The standard InChI is InChI=1S/C19H15ClN2O5/c20-14-7-9-15(10-8-14)21(12-16-4-3-11-26-16)19(23)13-27-18-6-2-1-5-17(18)22(24)25/h1-11H,12-13H2. The third-order valence-corrected chi connectivity index (χ3v) is 4.00. The highest BCUT2D eigenvalue weighted by Gasteiger charge is 2.20. The van der Waals surface area contributed by atoms with Gasteiger partial charge in [0.2, 0.25) is 0 Å². The smallest absolute Gasteiger partial charge is 0.310 e. The van der Waals surface area contributed by atoms with Crippen molar-refractivity contribution in [1.29, 1.82) is 0 Å². The minimum atomic E-state index is -0.556. The summed E-state index contributed by atoms with van der Waals surface area (Å²) in [4.78, 5) is 24.7. The van der Waals surface area contributed by atoms with E-state index in [1.165, 1.54) is 29.4 Å². The van der Waals surface area contributed by atoms with Crippen LogP contribution >= 0.6 is 11.6 Å². The van der Waals surface area contributed by atoms with Crippen LogP contribution in [0.4, 0.5) is 11.4 Å². The number of ether oxygens (including phenoxy) is 1. The van der Waals surface area contributed by atoms with Crippen molar-refractivity contribution in [1.82, 2.24) is 0 Å². The molecule has 1 aromatic heterocycles. The first-order valence-corrected chi connectivity index (χ1v) is 8.37. The van der Waals surface area contributed by atoms with Gasteiger partial charge in [0.05, 0.1) is 17.7 Å². The van der Waals surface area contributed by atoms with E-state index in [1.807, 2.05) is 0 Å². The van der Waals surface area contributed by atoms with E-state index in [4.69, 9.17) is 20.8 Å². The van der Waals surface area contributed by atoms with E-state index in [-0.39, 0.29) is 30.5 Å². The molecule has 0 atom stereocenters. The lowest BCUT2D eigenvalue weighted by Gasteiger charge is -2.22. The minimum absolute atomic E-state index is 0.0323. The molecule has 0 N–H and O–H groups in total. The molecule has 0 spiro atoms. The summed E-state index contributed by atoms with van der Waals surface area (Å²) in [6, 6.07) is 16.1. The number of amides is 1. The largest absolute Gasteiger partial charge is 0.477 e. The predicted octanol–water partition coefficient (Wildman–Crippen LogP) is 4.45. The zero-order valence-corrected chi connectivity index (χ0v) is 14.8. The van der Waals surface area contributed by atoms with Gasteiger partial charge in [0.1, 0.15) is 5.76 Å². The number of carbonyl (C=O) groups is 1. The van der Waals surface area contributed by atoms with Crippen LogP contribution in [0.25, 0.3) is 0 Å². The van der Waals surface area contributed by atoms with Crippen molar-refractivity contribution in [3.05, 3.63) is 87.8 Å². The third-order valence-electron chi connectivity index (χ3n) is 3.75. The zero-order valence-electron chi connectivity index (χ0n) is 14.1. The molecule has 27 heavy (non-hydrogen) atoms. The number of nitro benzene ring substituents is 1. The molecule has 0 fully saturated rings. The van der Waals surface area contributed by atoms with Gasteiger partial charge < -0.3 is 14.1 Å². The van der Waals surface area contributed by atoms with Gasteiger partial charge in [-0.05, 0) is 42.5 Å². The summed E-state index contributed by atoms with van der Waals surface area (Å²) < 4.78 is 10.7. The van der Waals surface area contributed by atoms with Crippen LogP contribution < -0.4 is 9.64 Å². The maximum absolute atomic E-state index is 12.8. The molecule has 0 aliphatic rings. The van der Waals surface area contributed by atoms with Crippen LogP contribution in [0, 0.1) is 10.1 Å². The number of carbonyl (C=O) groups excluding carboxylic acids is 1. The molecule has 138 valence electrons. The molecule has 0 saturated heterocycles. The number of hydrogen-bond donors (Lipinski definition) is 0. The molecule has 0 saturated carbocycles.